The molecular weight excluding hydrogens is 222 g/mol. The van der Waals surface area contributed by atoms with Gasteiger partial charge < -0.3 is 5.73 Å². The van der Waals surface area contributed by atoms with Crippen LogP contribution in [-0.2, 0) is 6.54 Å². The first-order valence-corrected chi connectivity index (χ1v) is 6.36. The molecule has 0 saturated heterocycles. The van der Waals surface area contributed by atoms with Gasteiger partial charge in [0, 0.05) is 30.2 Å². The number of hydrogen-bond donors (Lipinski definition) is 1. The summed E-state index contributed by atoms with van der Waals surface area (Å²) in [6.45, 7) is 5.77. The van der Waals surface area contributed by atoms with Crippen LogP contribution in [0.1, 0.15) is 18.2 Å². The van der Waals surface area contributed by atoms with E-state index in [2.05, 4.69) is 54.2 Å². The predicted octanol–water partition coefficient (Wildman–Crippen LogP) is 2.32. The highest BCUT2D eigenvalue weighted by atomic mass is 15.1. The molecule has 18 heavy (non-hydrogen) atoms. The predicted molar refractivity (Wildman–Crippen MR) is 76.5 cm³/mol. The topological polar surface area (TPSA) is 42.1 Å². The van der Waals surface area contributed by atoms with Crippen LogP contribution in [0.2, 0.25) is 0 Å². The van der Waals surface area contributed by atoms with Gasteiger partial charge in [0.2, 0.25) is 0 Å². The summed E-state index contributed by atoms with van der Waals surface area (Å²) in [5, 5.41) is 1.20. The van der Waals surface area contributed by atoms with Crippen LogP contribution in [0.4, 0.5) is 0 Å². The first kappa shape index (κ1) is 13.0. The lowest BCUT2D eigenvalue weighted by Gasteiger charge is -2.23. The summed E-state index contributed by atoms with van der Waals surface area (Å²) >= 11 is 0. The quantitative estimate of drug-likeness (QED) is 0.896. The Balaban J connectivity index is 2.22. The van der Waals surface area contributed by atoms with Gasteiger partial charge in [0.15, 0.2) is 0 Å². The van der Waals surface area contributed by atoms with E-state index >= 15 is 0 Å². The van der Waals surface area contributed by atoms with E-state index in [4.69, 9.17) is 5.73 Å². The van der Waals surface area contributed by atoms with E-state index in [0.717, 1.165) is 17.8 Å². The number of nitrogens with two attached hydrogens (primary N) is 1. The van der Waals surface area contributed by atoms with E-state index in [1.165, 1.54) is 10.9 Å². The molecule has 0 saturated carbocycles. The number of aromatic nitrogens is 1. The lowest BCUT2D eigenvalue weighted by Crippen LogP contribution is -2.34. The van der Waals surface area contributed by atoms with Crippen LogP contribution in [0.25, 0.3) is 10.9 Å². The summed E-state index contributed by atoms with van der Waals surface area (Å²) in [5.41, 5.74) is 9.11. The van der Waals surface area contributed by atoms with Crippen molar-refractivity contribution >= 4 is 10.9 Å². The number of hydrogen-bond acceptors (Lipinski definition) is 3. The van der Waals surface area contributed by atoms with E-state index in [0.29, 0.717) is 12.6 Å². The van der Waals surface area contributed by atoms with Crippen molar-refractivity contribution in [1.82, 2.24) is 9.88 Å². The Hall–Kier alpha value is -1.45. The van der Waals surface area contributed by atoms with Gasteiger partial charge >= 0.3 is 0 Å². The molecule has 2 rings (SSSR count). The molecule has 0 fully saturated rings. The Morgan fingerprint density at radius 1 is 1.28 bits per heavy atom. The van der Waals surface area contributed by atoms with E-state index in [9.17, 15) is 0 Å². The first-order chi connectivity index (χ1) is 8.60. The zero-order valence-corrected chi connectivity index (χ0v) is 11.4. The third kappa shape index (κ3) is 2.86. The van der Waals surface area contributed by atoms with Crippen LogP contribution < -0.4 is 5.73 Å². The van der Waals surface area contributed by atoms with Crippen molar-refractivity contribution in [2.75, 3.05) is 13.6 Å². The van der Waals surface area contributed by atoms with E-state index in [1.54, 1.807) is 0 Å². The highest BCUT2D eigenvalue weighted by Gasteiger charge is 2.08. The maximum absolute atomic E-state index is 5.68. The van der Waals surface area contributed by atoms with Crippen molar-refractivity contribution in [2.24, 2.45) is 5.73 Å². The van der Waals surface area contributed by atoms with Gasteiger partial charge in [-0.2, -0.15) is 0 Å². The highest BCUT2D eigenvalue weighted by Crippen LogP contribution is 2.16. The summed E-state index contributed by atoms with van der Waals surface area (Å²) in [5.74, 6) is 0. The molecule has 1 unspecified atom stereocenters. The molecule has 3 heteroatoms. The molecule has 0 spiro atoms. The first-order valence-electron chi connectivity index (χ1n) is 6.36. The summed E-state index contributed by atoms with van der Waals surface area (Å²) in [4.78, 5) is 6.78. The van der Waals surface area contributed by atoms with Crippen LogP contribution in [-0.4, -0.2) is 29.5 Å². The Bertz CT molecular complexity index is 536. The molecule has 0 radical (unpaired) electrons. The van der Waals surface area contributed by atoms with Crippen LogP contribution in [0.3, 0.4) is 0 Å². The molecule has 0 bridgehead atoms. The third-order valence-electron chi connectivity index (χ3n) is 3.42. The Morgan fingerprint density at radius 2 is 2.06 bits per heavy atom. The molecule has 3 nitrogen and oxygen atoms in total. The Kier molecular flexibility index (Phi) is 3.94. The van der Waals surface area contributed by atoms with E-state index < -0.39 is 0 Å². The second-order valence-electron chi connectivity index (χ2n) is 4.98. The average molecular weight is 243 g/mol. The standard InChI is InChI=1S/C15H21N3/c1-11-4-6-14-8-13(5-7-15(14)17-11)10-18(3)12(2)9-16/h4-8,12H,9-10,16H2,1-3H3. The van der Waals surface area contributed by atoms with Crippen molar-refractivity contribution in [3.05, 3.63) is 41.6 Å². The van der Waals surface area contributed by atoms with Gasteiger partial charge in [0.1, 0.15) is 0 Å². The van der Waals surface area contributed by atoms with Crippen LogP contribution in [0.15, 0.2) is 30.3 Å². The normalized spacial score (nSPS) is 13.2. The fourth-order valence-electron chi connectivity index (χ4n) is 2.00. The third-order valence-corrected chi connectivity index (χ3v) is 3.42. The van der Waals surface area contributed by atoms with Gasteiger partial charge in [-0.15, -0.1) is 0 Å². The molecule has 0 aliphatic heterocycles. The molecule has 0 aliphatic rings. The van der Waals surface area contributed by atoms with Crippen molar-refractivity contribution in [3.8, 4) is 0 Å². The molecule has 0 amide bonds. The van der Waals surface area contributed by atoms with E-state index in [-0.39, 0.29) is 0 Å². The zero-order chi connectivity index (χ0) is 13.1. The maximum atomic E-state index is 5.68. The monoisotopic (exact) mass is 243 g/mol. The zero-order valence-electron chi connectivity index (χ0n) is 11.4. The highest BCUT2D eigenvalue weighted by molar-refractivity contribution is 5.79. The number of fused-ring (bicyclic) bond motifs is 1. The number of likely N-dealkylation sites (N-methyl/N-ethyl adjacent to an activating group) is 1. The largest absolute Gasteiger partial charge is 0.329 e. The fourth-order valence-corrected chi connectivity index (χ4v) is 2.00. The number of benzene rings is 1. The molecule has 1 heterocycles. The second kappa shape index (κ2) is 5.46. The van der Waals surface area contributed by atoms with Gasteiger partial charge in [-0.25, -0.2) is 0 Å². The molecule has 0 aliphatic carbocycles. The number of nitrogens with zero attached hydrogens (tertiary/aromatic N) is 2. The number of aryl methyl sites for hydroxylation is 1. The minimum Gasteiger partial charge on any atom is -0.329 e. The maximum Gasteiger partial charge on any atom is 0.0705 e. The Labute approximate surface area is 109 Å². The number of rotatable bonds is 4. The van der Waals surface area contributed by atoms with Gasteiger partial charge in [-0.3, -0.25) is 9.88 Å². The molecule has 96 valence electrons. The van der Waals surface area contributed by atoms with Crippen molar-refractivity contribution < 1.29 is 0 Å². The van der Waals surface area contributed by atoms with Gasteiger partial charge in [-0.1, -0.05) is 12.1 Å². The molecule has 1 aromatic carbocycles. The summed E-state index contributed by atoms with van der Waals surface area (Å²) in [6, 6.07) is 11.0. The minimum absolute atomic E-state index is 0.400. The molecule has 2 N–H and O–H groups in total. The lowest BCUT2D eigenvalue weighted by atomic mass is 10.1. The Morgan fingerprint density at radius 3 is 2.78 bits per heavy atom. The van der Waals surface area contributed by atoms with Crippen LogP contribution >= 0.6 is 0 Å². The minimum atomic E-state index is 0.400. The summed E-state index contributed by atoms with van der Waals surface area (Å²) in [7, 11) is 2.11. The second-order valence-corrected chi connectivity index (χ2v) is 4.98. The molecule has 2 aromatic rings. The SMILES string of the molecule is Cc1ccc2cc(CN(C)C(C)CN)ccc2n1. The van der Waals surface area contributed by atoms with Crippen LogP contribution in [0.5, 0.6) is 0 Å². The summed E-state index contributed by atoms with van der Waals surface area (Å²) in [6.07, 6.45) is 0. The van der Waals surface area contributed by atoms with Gasteiger partial charge in [0.25, 0.3) is 0 Å². The molecule has 1 atom stereocenters. The van der Waals surface area contributed by atoms with E-state index in [1.807, 2.05) is 6.92 Å². The lowest BCUT2D eigenvalue weighted by molar-refractivity contribution is 0.255. The van der Waals surface area contributed by atoms with Crippen molar-refractivity contribution in [3.63, 3.8) is 0 Å². The van der Waals surface area contributed by atoms with Crippen molar-refractivity contribution in [1.29, 1.82) is 0 Å². The van der Waals surface area contributed by atoms with Gasteiger partial charge in [0.05, 0.1) is 5.52 Å². The average Bonchev–Trinajstić information content (AvgIpc) is 2.38. The fraction of sp³-hybridized carbons (Fsp3) is 0.400. The van der Waals surface area contributed by atoms with Gasteiger partial charge in [-0.05, 0) is 44.7 Å². The molecular formula is C15H21N3. The smallest absolute Gasteiger partial charge is 0.0705 e. The van der Waals surface area contributed by atoms with Crippen LogP contribution in [0, 0.1) is 6.92 Å². The molecule has 1 aromatic heterocycles. The van der Waals surface area contributed by atoms with Crippen molar-refractivity contribution in [2.45, 2.75) is 26.4 Å². The summed E-state index contributed by atoms with van der Waals surface area (Å²) < 4.78 is 0. The number of pyridine rings is 1.